The molecule has 0 aliphatic carbocycles. The molecule has 4 aromatic rings. The zero-order valence-corrected chi connectivity index (χ0v) is 13.5. The lowest BCUT2D eigenvalue weighted by molar-refractivity contribution is 0.0948. The van der Waals surface area contributed by atoms with Crippen LogP contribution in [0.3, 0.4) is 0 Å². The monoisotopic (exact) mass is 331 g/mol. The van der Waals surface area contributed by atoms with Gasteiger partial charge in [0.15, 0.2) is 0 Å². The molecule has 1 N–H and O–H groups in total. The van der Waals surface area contributed by atoms with E-state index in [-0.39, 0.29) is 11.9 Å². The molecule has 2 aromatic heterocycles. The number of amides is 1. The fourth-order valence-electron chi connectivity index (χ4n) is 2.89. The Kier molecular flexibility index (Phi) is 4.04. The molecule has 4 rings (SSSR count). The number of fused-ring (bicyclic) bond motifs is 1. The maximum absolute atomic E-state index is 12.6. The third-order valence-electron chi connectivity index (χ3n) is 4.18. The van der Waals surface area contributed by atoms with Gasteiger partial charge in [-0.05, 0) is 41.1 Å². The van der Waals surface area contributed by atoms with Gasteiger partial charge in [-0.25, -0.2) is 0 Å². The van der Waals surface area contributed by atoms with Crippen molar-refractivity contribution >= 4 is 16.7 Å². The number of rotatable bonds is 5. The molecule has 0 spiro atoms. The van der Waals surface area contributed by atoms with E-state index in [0.29, 0.717) is 12.1 Å². The summed E-state index contributed by atoms with van der Waals surface area (Å²) < 4.78 is 7.28. The Labute approximate surface area is 144 Å². The molecule has 25 heavy (non-hydrogen) atoms. The third-order valence-corrected chi connectivity index (χ3v) is 4.18. The number of hydrogen-bond acceptors (Lipinski definition) is 3. The van der Waals surface area contributed by atoms with Crippen LogP contribution in [0, 0.1) is 0 Å². The van der Waals surface area contributed by atoms with Crippen molar-refractivity contribution in [2.45, 2.75) is 6.04 Å². The Morgan fingerprint density at radius 1 is 1.08 bits per heavy atom. The topological polar surface area (TPSA) is 60.1 Å². The average molecular weight is 331 g/mol. The molecule has 5 nitrogen and oxygen atoms in total. The van der Waals surface area contributed by atoms with Crippen LogP contribution in [0.15, 0.2) is 83.7 Å². The van der Waals surface area contributed by atoms with Gasteiger partial charge < -0.3 is 9.73 Å². The summed E-state index contributed by atoms with van der Waals surface area (Å²) in [7, 11) is 0. The maximum atomic E-state index is 12.6. The summed E-state index contributed by atoms with van der Waals surface area (Å²) in [5, 5.41) is 9.41. The van der Waals surface area contributed by atoms with E-state index in [1.807, 2.05) is 66.9 Å². The minimum absolute atomic E-state index is 0.116. The molecule has 124 valence electrons. The lowest BCUT2D eigenvalue weighted by Gasteiger charge is -2.16. The molecule has 0 radical (unpaired) electrons. The molecule has 0 saturated carbocycles. The normalized spacial score (nSPS) is 12.2. The van der Waals surface area contributed by atoms with E-state index in [1.165, 1.54) is 0 Å². The van der Waals surface area contributed by atoms with Crippen LogP contribution in [0.2, 0.25) is 0 Å². The smallest absolute Gasteiger partial charge is 0.251 e. The van der Waals surface area contributed by atoms with E-state index in [0.717, 1.165) is 16.5 Å². The first-order valence-corrected chi connectivity index (χ1v) is 8.11. The Hall–Kier alpha value is -3.34. The average Bonchev–Trinajstić information content (AvgIpc) is 3.36. The van der Waals surface area contributed by atoms with Crippen molar-refractivity contribution in [1.29, 1.82) is 0 Å². The van der Waals surface area contributed by atoms with Crippen molar-refractivity contribution in [2.24, 2.45) is 0 Å². The Balaban J connectivity index is 1.53. The molecule has 2 aromatic carbocycles. The van der Waals surface area contributed by atoms with Crippen LogP contribution < -0.4 is 5.32 Å². The first-order valence-electron chi connectivity index (χ1n) is 8.11. The van der Waals surface area contributed by atoms with Crippen LogP contribution in [0.25, 0.3) is 10.8 Å². The van der Waals surface area contributed by atoms with Gasteiger partial charge in [-0.1, -0.05) is 30.3 Å². The van der Waals surface area contributed by atoms with Crippen molar-refractivity contribution in [1.82, 2.24) is 15.1 Å². The van der Waals surface area contributed by atoms with Crippen molar-refractivity contribution in [2.75, 3.05) is 6.54 Å². The highest BCUT2D eigenvalue weighted by atomic mass is 16.3. The number of nitrogens with one attached hydrogen (secondary N) is 1. The molecule has 0 fully saturated rings. The summed E-state index contributed by atoms with van der Waals surface area (Å²) in [5.41, 5.74) is 0.636. The van der Waals surface area contributed by atoms with Crippen molar-refractivity contribution in [3.05, 3.63) is 90.6 Å². The first kappa shape index (κ1) is 15.2. The second-order valence-corrected chi connectivity index (χ2v) is 5.79. The third kappa shape index (κ3) is 3.17. The fraction of sp³-hybridized carbons (Fsp3) is 0.100. The zero-order valence-electron chi connectivity index (χ0n) is 13.5. The molecule has 1 amide bonds. The van der Waals surface area contributed by atoms with Gasteiger partial charge in [0.25, 0.3) is 5.91 Å². The van der Waals surface area contributed by atoms with Crippen LogP contribution in [-0.2, 0) is 0 Å². The van der Waals surface area contributed by atoms with Crippen LogP contribution in [-0.4, -0.2) is 22.2 Å². The largest absolute Gasteiger partial charge is 0.467 e. The molecular weight excluding hydrogens is 314 g/mol. The highest BCUT2D eigenvalue weighted by Gasteiger charge is 2.18. The molecule has 5 heteroatoms. The van der Waals surface area contributed by atoms with E-state index < -0.39 is 0 Å². The predicted octanol–water partition coefficient (Wildman–Crippen LogP) is 3.65. The molecule has 1 atom stereocenters. The Bertz CT molecular complexity index is 941. The summed E-state index contributed by atoms with van der Waals surface area (Å²) in [6.07, 6.45) is 5.19. The number of hydrogen-bond donors (Lipinski definition) is 1. The maximum Gasteiger partial charge on any atom is 0.251 e. The number of furan rings is 1. The van der Waals surface area contributed by atoms with E-state index >= 15 is 0 Å². The molecule has 0 bridgehead atoms. The SMILES string of the molecule is O=C(NCC(c1ccco1)n1cccn1)c1ccc2ccccc2c1. The van der Waals surface area contributed by atoms with E-state index in [9.17, 15) is 4.79 Å². The number of carbonyl (C=O) groups is 1. The second kappa shape index (κ2) is 6.65. The Morgan fingerprint density at radius 2 is 1.96 bits per heavy atom. The minimum Gasteiger partial charge on any atom is -0.467 e. The lowest BCUT2D eigenvalue weighted by Crippen LogP contribution is -2.31. The number of carbonyl (C=O) groups excluding carboxylic acids is 1. The predicted molar refractivity (Wildman–Crippen MR) is 95.4 cm³/mol. The van der Waals surface area contributed by atoms with Gasteiger partial charge in [-0.15, -0.1) is 0 Å². The quantitative estimate of drug-likeness (QED) is 0.607. The van der Waals surface area contributed by atoms with Gasteiger partial charge in [0, 0.05) is 24.5 Å². The van der Waals surface area contributed by atoms with Gasteiger partial charge in [-0.2, -0.15) is 5.10 Å². The van der Waals surface area contributed by atoms with E-state index in [2.05, 4.69) is 10.4 Å². The van der Waals surface area contributed by atoms with Crippen molar-refractivity contribution in [3.63, 3.8) is 0 Å². The van der Waals surface area contributed by atoms with Gasteiger partial charge in [0.05, 0.1) is 6.26 Å². The molecule has 0 aliphatic rings. The van der Waals surface area contributed by atoms with Crippen LogP contribution in [0.1, 0.15) is 22.2 Å². The van der Waals surface area contributed by atoms with Crippen LogP contribution in [0.5, 0.6) is 0 Å². The Morgan fingerprint density at radius 3 is 2.72 bits per heavy atom. The van der Waals surface area contributed by atoms with Crippen LogP contribution in [0.4, 0.5) is 0 Å². The highest BCUT2D eigenvalue weighted by Crippen LogP contribution is 2.18. The summed E-state index contributed by atoms with van der Waals surface area (Å²) in [5.74, 6) is 0.636. The fourth-order valence-corrected chi connectivity index (χ4v) is 2.89. The minimum atomic E-state index is -0.186. The molecule has 0 saturated heterocycles. The molecule has 2 heterocycles. The van der Waals surface area contributed by atoms with E-state index in [4.69, 9.17) is 4.42 Å². The molecular formula is C20H17N3O2. The number of benzene rings is 2. The second-order valence-electron chi connectivity index (χ2n) is 5.79. The standard InChI is InChI=1S/C20H17N3O2/c24-20(17-9-8-15-5-1-2-6-16(15)13-17)21-14-18(19-7-3-12-25-19)23-11-4-10-22-23/h1-13,18H,14H2,(H,21,24). The highest BCUT2D eigenvalue weighted by molar-refractivity contribution is 5.98. The number of nitrogens with zero attached hydrogens (tertiary/aromatic N) is 2. The van der Waals surface area contributed by atoms with E-state index in [1.54, 1.807) is 17.1 Å². The van der Waals surface area contributed by atoms with Crippen molar-refractivity contribution in [3.8, 4) is 0 Å². The van der Waals surface area contributed by atoms with Gasteiger partial charge in [0.1, 0.15) is 11.8 Å². The molecule has 0 aliphatic heterocycles. The van der Waals surface area contributed by atoms with Crippen LogP contribution >= 0.6 is 0 Å². The number of aromatic nitrogens is 2. The summed E-state index contributed by atoms with van der Waals surface area (Å²) in [6.45, 7) is 0.390. The summed E-state index contributed by atoms with van der Waals surface area (Å²) in [6, 6.07) is 19.1. The van der Waals surface area contributed by atoms with Gasteiger partial charge >= 0.3 is 0 Å². The van der Waals surface area contributed by atoms with Gasteiger partial charge in [-0.3, -0.25) is 9.48 Å². The summed E-state index contributed by atoms with van der Waals surface area (Å²) >= 11 is 0. The summed E-state index contributed by atoms with van der Waals surface area (Å²) in [4.78, 5) is 12.6. The molecule has 1 unspecified atom stereocenters. The zero-order chi connectivity index (χ0) is 17.1. The lowest BCUT2D eigenvalue weighted by atomic mass is 10.1. The van der Waals surface area contributed by atoms with Gasteiger partial charge in [0.2, 0.25) is 0 Å². The first-order chi connectivity index (χ1) is 12.3. The van der Waals surface area contributed by atoms with Crippen molar-refractivity contribution < 1.29 is 9.21 Å².